The van der Waals surface area contributed by atoms with Crippen molar-refractivity contribution in [2.24, 2.45) is 7.05 Å². The largest absolute Gasteiger partial charge is 0.495 e. The summed E-state index contributed by atoms with van der Waals surface area (Å²) in [4.78, 5) is 27.2. The minimum atomic E-state index is -0.748. The number of methoxy groups -OCH3 is 2. The number of Topliss-reactive ketones (excluding diaryl/α,β-unsaturated/α-hetero) is 1. The number of aromatic nitrogens is 6. The summed E-state index contributed by atoms with van der Waals surface area (Å²) in [6, 6.07) is 11.8. The van der Waals surface area contributed by atoms with Gasteiger partial charge in [0, 0.05) is 61.0 Å². The fourth-order valence-electron chi connectivity index (χ4n) is 4.73. The molecule has 200 valence electrons. The van der Waals surface area contributed by atoms with Crippen molar-refractivity contribution in [1.29, 1.82) is 0 Å². The summed E-state index contributed by atoms with van der Waals surface area (Å²) in [5.74, 6) is 0.304. The molecule has 5 rings (SSSR count). The summed E-state index contributed by atoms with van der Waals surface area (Å²) in [5, 5.41) is 13.6. The van der Waals surface area contributed by atoms with Crippen molar-refractivity contribution in [2.45, 2.75) is 18.9 Å². The lowest BCUT2D eigenvalue weighted by molar-refractivity contribution is -0.122. The highest BCUT2D eigenvalue weighted by Crippen LogP contribution is 2.35. The molecule has 2 aromatic carbocycles. The molecule has 0 saturated carbocycles. The van der Waals surface area contributed by atoms with Gasteiger partial charge in [-0.3, -0.25) is 18.8 Å². The van der Waals surface area contributed by atoms with Crippen molar-refractivity contribution in [3.63, 3.8) is 0 Å². The highest BCUT2D eigenvalue weighted by atomic mass is 35.5. The minimum Gasteiger partial charge on any atom is -0.495 e. The topological polar surface area (TPSA) is 106 Å². The molecule has 5 aromatic rings. The van der Waals surface area contributed by atoms with Gasteiger partial charge >= 0.3 is 0 Å². The third kappa shape index (κ3) is 5.47. The van der Waals surface area contributed by atoms with Crippen LogP contribution in [0.2, 0.25) is 5.02 Å². The Morgan fingerprint density at radius 2 is 1.82 bits per heavy atom. The number of ketones is 1. The monoisotopic (exact) mass is 546 g/mol. The van der Waals surface area contributed by atoms with Crippen LogP contribution in [0.3, 0.4) is 0 Å². The minimum absolute atomic E-state index is 0.111. The maximum atomic E-state index is 13.6. The Labute approximate surface area is 229 Å². The number of carbonyl (C=O) groups excluding carboxylic acids is 1. The summed E-state index contributed by atoms with van der Waals surface area (Å²) in [5.41, 5.74) is 3.26. The molecule has 0 saturated heterocycles. The zero-order valence-electron chi connectivity index (χ0n) is 21.7. The molecule has 0 amide bonds. The van der Waals surface area contributed by atoms with Crippen molar-refractivity contribution >= 4 is 28.3 Å². The summed E-state index contributed by atoms with van der Waals surface area (Å²) in [6.07, 6.45) is 7.09. The van der Waals surface area contributed by atoms with E-state index in [1.807, 2.05) is 37.5 Å². The number of hydrogen-bond acceptors (Lipinski definition) is 7. The van der Waals surface area contributed by atoms with E-state index in [0.29, 0.717) is 34.9 Å². The molecule has 0 aliphatic carbocycles. The molecule has 0 aliphatic rings. The van der Waals surface area contributed by atoms with Crippen molar-refractivity contribution in [2.75, 3.05) is 20.8 Å². The molecule has 39 heavy (non-hydrogen) atoms. The van der Waals surface area contributed by atoms with Crippen LogP contribution in [0.4, 0.5) is 0 Å². The average molecular weight is 547 g/mol. The molecule has 0 bridgehead atoms. The van der Waals surface area contributed by atoms with E-state index in [0.717, 1.165) is 22.2 Å². The average Bonchev–Trinajstić information content (AvgIpc) is 3.58. The normalized spacial score (nSPS) is 12.1. The number of rotatable bonds is 10. The van der Waals surface area contributed by atoms with Crippen LogP contribution in [0.1, 0.15) is 18.0 Å². The standard InChI is InChI=1S/C28H27ClN6O4/c1-33-14-19-10-18(4-6-23(19)32-33)11-26(36)25(8-9-38-2)35-15-27(39-3)22(13-28(35)37)21-12-20(29)5-7-24(21)34-16-30-31-17-34/h4-7,10,12-17,25H,8-9,11H2,1-3H3. The number of pyridine rings is 1. The van der Waals surface area contributed by atoms with Crippen LogP contribution < -0.4 is 10.3 Å². The van der Waals surface area contributed by atoms with Crippen molar-refractivity contribution in [1.82, 2.24) is 29.1 Å². The van der Waals surface area contributed by atoms with Gasteiger partial charge in [0.1, 0.15) is 18.4 Å². The third-order valence-electron chi connectivity index (χ3n) is 6.57. The van der Waals surface area contributed by atoms with Crippen LogP contribution in [-0.4, -0.2) is 55.7 Å². The van der Waals surface area contributed by atoms with E-state index in [2.05, 4.69) is 15.3 Å². The van der Waals surface area contributed by atoms with Crippen molar-refractivity contribution in [3.05, 3.63) is 88.5 Å². The molecule has 1 unspecified atom stereocenters. The van der Waals surface area contributed by atoms with Gasteiger partial charge in [0.25, 0.3) is 5.56 Å². The number of halogens is 1. The summed E-state index contributed by atoms with van der Waals surface area (Å²) in [7, 11) is 4.94. The van der Waals surface area contributed by atoms with Gasteiger partial charge in [-0.2, -0.15) is 5.10 Å². The number of nitrogens with zero attached hydrogens (tertiary/aromatic N) is 6. The first kappa shape index (κ1) is 26.3. The predicted molar refractivity (Wildman–Crippen MR) is 148 cm³/mol. The molecule has 0 N–H and O–H groups in total. The molecule has 0 fully saturated rings. The maximum Gasteiger partial charge on any atom is 0.252 e. The van der Waals surface area contributed by atoms with Gasteiger partial charge in [-0.1, -0.05) is 17.7 Å². The van der Waals surface area contributed by atoms with Gasteiger partial charge < -0.3 is 14.0 Å². The van der Waals surface area contributed by atoms with Crippen molar-refractivity contribution < 1.29 is 14.3 Å². The number of aryl methyl sites for hydroxylation is 1. The van der Waals surface area contributed by atoms with E-state index in [9.17, 15) is 9.59 Å². The van der Waals surface area contributed by atoms with E-state index in [1.54, 1.807) is 47.3 Å². The molecular formula is C28H27ClN6O4. The Hall–Kier alpha value is -4.28. The second-order valence-corrected chi connectivity index (χ2v) is 9.60. The lowest BCUT2D eigenvalue weighted by Crippen LogP contribution is -2.31. The Bertz CT molecular complexity index is 1690. The first-order valence-corrected chi connectivity index (χ1v) is 12.6. The third-order valence-corrected chi connectivity index (χ3v) is 6.81. The summed E-state index contributed by atoms with van der Waals surface area (Å²) >= 11 is 6.33. The zero-order chi connectivity index (χ0) is 27.5. The second-order valence-electron chi connectivity index (χ2n) is 9.17. The van der Waals surface area contributed by atoms with Gasteiger partial charge in [0.2, 0.25) is 0 Å². The molecular weight excluding hydrogens is 520 g/mol. The highest BCUT2D eigenvalue weighted by Gasteiger charge is 2.24. The van der Waals surface area contributed by atoms with Crippen LogP contribution in [-0.2, 0) is 23.0 Å². The van der Waals surface area contributed by atoms with Gasteiger partial charge in [-0.15, -0.1) is 10.2 Å². The first-order valence-electron chi connectivity index (χ1n) is 12.3. The second kappa shape index (κ2) is 11.2. The number of ether oxygens (including phenoxy) is 2. The SMILES string of the molecule is COCCC(C(=O)Cc1ccc2nn(C)cc2c1)n1cc(OC)c(-c2cc(Cl)ccc2-n2cnnc2)cc1=O. The van der Waals surface area contributed by atoms with Crippen LogP contribution in [0, 0.1) is 0 Å². The van der Waals surface area contributed by atoms with Crippen LogP contribution in [0.5, 0.6) is 5.75 Å². The number of carbonyl (C=O) groups is 1. The van der Waals surface area contributed by atoms with Gasteiger partial charge in [-0.05, 0) is 42.3 Å². The van der Waals surface area contributed by atoms with Crippen LogP contribution in [0.25, 0.3) is 27.7 Å². The molecule has 0 radical (unpaired) electrons. The maximum absolute atomic E-state index is 13.6. The predicted octanol–water partition coefficient (Wildman–Crippen LogP) is 4.03. The van der Waals surface area contributed by atoms with Gasteiger partial charge in [-0.25, -0.2) is 0 Å². The molecule has 11 heteroatoms. The molecule has 3 aromatic heterocycles. The zero-order valence-corrected chi connectivity index (χ0v) is 22.5. The van der Waals surface area contributed by atoms with Crippen molar-refractivity contribution in [3.8, 4) is 22.6 Å². The summed E-state index contributed by atoms with van der Waals surface area (Å²) in [6.45, 7) is 0.306. The smallest absolute Gasteiger partial charge is 0.252 e. The molecule has 3 heterocycles. The summed E-state index contributed by atoms with van der Waals surface area (Å²) < 4.78 is 15.9. The van der Waals surface area contributed by atoms with E-state index >= 15 is 0 Å². The molecule has 0 spiro atoms. The molecule has 0 aliphatic heterocycles. The Balaban J connectivity index is 1.54. The van der Waals surface area contributed by atoms with E-state index in [4.69, 9.17) is 21.1 Å². The van der Waals surface area contributed by atoms with E-state index in [1.165, 1.54) is 17.7 Å². The Morgan fingerprint density at radius 1 is 1.03 bits per heavy atom. The van der Waals surface area contributed by atoms with E-state index in [-0.39, 0.29) is 17.8 Å². The van der Waals surface area contributed by atoms with Gasteiger partial charge in [0.05, 0.1) is 30.6 Å². The van der Waals surface area contributed by atoms with Crippen LogP contribution >= 0.6 is 11.6 Å². The molecule has 1 atom stereocenters. The fourth-order valence-corrected chi connectivity index (χ4v) is 4.90. The highest BCUT2D eigenvalue weighted by molar-refractivity contribution is 6.31. The number of hydrogen-bond donors (Lipinski definition) is 0. The molecule has 10 nitrogen and oxygen atoms in total. The van der Waals surface area contributed by atoms with Gasteiger partial charge in [0.15, 0.2) is 5.78 Å². The van der Waals surface area contributed by atoms with E-state index < -0.39 is 6.04 Å². The quantitative estimate of drug-likeness (QED) is 0.260. The fraction of sp³-hybridized carbons (Fsp3) is 0.250. The number of fused-ring (bicyclic) bond motifs is 1. The number of benzene rings is 2. The Morgan fingerprint density at radius 3 is 2.56 bits per heavy atom. The van der Waals surface area contributed by atoms with Crippen LogP contribution in [0.15, 0.2) is 72.3 Å². The lowest BCUT2D eigenvalue weighted by atomic mass is 9.99. The Kier molecular flexibility index (Phi) is 7.58. The first-order chi connectivity index (χ1) is 18.9. The lowest BCUT2D eigenvalue weighted by Gasteiger charge is -2.21.